The lowest BCUT2D eigenvalue weighted by atomic mass is 9.86. The van der Waals surface area contributed by atoms with Crippen molar-refractivity contribution in [1.82, 2.24) is 10.6 Å². The predicted octanol–water partition coefficient (Wildman–Crippen LogP) is 1.12. The van der Waals surface area contributed by atoms with Crippen molar-refractivity contribution in [2.75, 3.05) is 14.2 Å². The first-order valence-corrected chi connectivity index (χ1v) is 4.32. The summed E-state index contributed by atoms with van der Waals surface area (Å²) < 4.78 is 5.31. The maximum absolute atomic E-state index is 11.1. The molecule has 2 amide bonds. The molecule has 78 valence electrons. The van der Waals surface area contributed by atoms with Gasteiger partial charge in [-0.1, -0.05) is 0 Å². The van der Waals surface area contributed by atoms with Crippen LogP contribution >= 0.6 is 0 Å². The van der Waals surface area contributed by atoms with Crippen LogP contribution in [0.4, 0.5) is 4.79 Å². The first-order valence-electron chi connectivity index (χ1n) is 4.32. The van der Waals surface area contributed by atoms with Crippen LogP contribution < -0.4 is 10.6 Å². The molecule has 0 spiro atoms. The third-order valence-corrected chi connectivity index (χ3v) is 2.67. The number of ether oxygens (including phenoxy) is 1. The van der Waals surface area contributed by atoms with E-state index >= 15 is 0 Å². The van der Waals surface area contributed by atoms with Crippen molar-refractivity contribution in [3.63, 3.8) is 0 Å². The van der Waals surface area contributed by atoms with Gasteiger partial charge in [0.1, 0.15) is 0 Å². The second-order valence-corrected chi connectivity index (χ2v) is 4.04. The Bertz CT molecular complexity index is 188. The summed E-state index contributed by atoms with van der Waals surface area (Å²) in [5.74, 6) is 0. The molecule has 0 aliphatic rings. The van der Waals surface area contributed by atoms with Crippen molar-refractivity contribution in [2.45, 2.75) is 38.8 Å². The number of carbonyl (C=O) groups is 1. The van der Waals surface area contributed by atoms with Crippen LogP contribution in [0.15, 0.2) is 0 Å². The fourth-order valence-corrected chi connectivity index (χ4v) is 0.752. The number of carbonyl (C=O) groups excluding carboxylic acids is 1. The molecule has 4 heteroatoms. The Morgan fingerprint density at radius 1 is 1.23 bits per heavy atom. The number of hydrogen-bond acceptors (Lipinski definition) is 2. The van der Waals surface area contributed by atoms with E-state index in [0.29, 0.717) is 0 Å². The van der Waals surface area contributed by atoms with Crippen molar-refractivity contribution in [1.29, 1.82) is 0 Å². The molecule has 0 aromatic rings. The largest absolute Gasteiger partial charge is 0.376 e. The van der Waals surface area contributed by atoms with Gasteiger partial charge in [0.25, 0.3) is 0 Å². The lowest BCUT2D eigenvalue weighted by molar-refractivity contribution is -0.0398. The zero-order valence-corrected chi connectivity index (χ0v) is 9.32. The van der Waals surface area contributed by atoms with Gasteiger partial charge in [-0.05, 0) is 27.7 Å². The Balaban J connectivity index is 4.47. The van der Waals surface area contributed by atoms with Crippen LogP contribution in [0.25, 0.3) is 0 Å². The van der Waals surface area contributed by atoms with Gasteiger partial charge in [-0.15, -0.1) is 0 Å². The third-order valence-electron chi connectivity index (χ3n) is 2.67. The topological polar surface area (TPSA) is 50.4 Å². The van der Waals surface area contributed by atoms with Crippen LogP contribution in [0.2, 0.25) is 0 Å². The Morgan fingerprint density at radius 3 is 2.00 bits per heavy atom. The second kappa shape index (κ2) is 3.96. The van der Waals surface area contributed by atoms with Gasteiger partial charge in [-0.25, -0.2) is 4.79 Å². The van der Waals surface area contributed by atoms with E-state index in [1.165, 1.54) is 0 Å². The number of hydrogen-bond donors (Lipinski definition) is 2. The molecule has 0 aromatic heterocycles. The highest BCUT2D eigenvalue weighted by atomic mass is 16.5. The molecule has 0 rings (SSSR count). The first kappa shape index (κ1) is 12.2. The van der Waals surface area contributed by atoms with Gasteiger partial charge in [0, 0.05) is 14.2 Å². The molecule has 13 heavy (non-hydrogen) atoms. The number of methoxy groups -OCH3 is 1. The highest BCUT2D eigenvalue weighted by molar-refractivity contribution is 5.74. The van der Waals surface area contributed by atoms with Crippen LogP contribution in [0.5, 0.6) is 0 Å². The highest BCUT2D eigenvalue weighted by Crippen LogP contribution is 2.23. The van der Waals surface area contributed by atoms with Gasteiger partial charge >= 0.3 is 6.03 Å². The summed E-state index contributed by atoms with van der Waals surface area (Å²) in [6, 6.07) is -0.199. The third kappa shape index (κ3) is 2.88. The summed E-state index contributed by atoms with van der Waals surface area (Å²) in [7, 11) is 3.22. The van der Waals surface area contributed by atoms with Gasteiger partial charge in [0.15, 0.2) is 0 Å². The molecular weight excluding hydrogens is 168 g/mol. The van der Waals surface area contributed by atoms with Crippen molar-refractivity contribution < 1.29 is 9.53 Å². The normalized spacial score (nSPS) is 12.5. The van der Waals surface area contributed by atoms with Crippen LogP contribution in [0.1, 0.15) is 27.7 Å². The Kier molecular flexibility index (Phi) is 3.72. The average molecular weight is 188 g/mol. The van der Waals surface area contributed by atoms with Crippen molar-refractivity contribution in [3.05, 3.63) is 0 Å². The van der Waals surface area contributed by atoms with Crippen LogP contribution in [0.3, 0.4) is 0 Å². The molecule has 0 fully saturated rings. The molecule has 0 aromatic carbocycles. The maximum atomic E-state index is 11.1. The monoisotopic (exact) mass is 188 g/mol. The number of nitrogens with one attached hydrogen (secondary N) is 2. The van der Waals surface area contributed by atoms with E-state index in [1.54, 1.807) is 14.2 Å². The minimum absolute atomic E-state index is 0.199. The summed E-state index contributed by atoms with van der Waals surface area (Å²) in [6.45, 7) is 7.71. The molecule has 0 aliphatic carbocycles. The Hall–Kier alpha value is -0.770. The molecule has 0 heterocycles. The van der Waals surface area contributed by atoms with Gasteiger partial charge in [-0.2, -0.15) is 0 Å². The maximum Gasteiger partial charge on any atom is 0.315 e. The zero-order chi connectivity index (χ0) is 10.7. The molecule has 4 nitrogen and oxygen atoms in total. The van der Waals surface area contributed by atoms with Crippen molar-refractivity contribution in [2.24, 2.45) is 0 Å². The molecule has 0 saturated heterocycles. The molecule has 0 unspecified atom stereocenters. The summed E-state index contributed by atoms with van der Waals surface area (Å²) >= 11 is 0. The van der Waals surface area contributed by atoms with Gasteiger partial charge in [-0.3, -0.25) is 0 Å². The van der Waals surface area contributed by atoms with E-state index in [9.17, 15) is 4.79 Å². The van der Waals surface area contributed by atoms with Gasteiger partial charge in [0.2, 0.25) is 0 Å². The van der Waals surface area contributed by atoms with Crippen LogP contribution in [-0.4, -0.2) is 31.3 Å². The summed E-state index contributed by atoms with van der Waals surface area (Å²) in [6.07, 6.45) is 0. The molecular formula is C9H20N2O2. The average Bonchev–Trinajstić information content (AvgIpc) is 2.03. The summed E-state index contributed by atoms with van der Waals surface area (Å²) in [4.78, 5) is 11.1. The first-order chi connectivity index (χ1) is 5.77. The Labute approximate surface area is 80.0 Å². The number of rotatable bonds is 3. The molecule has 0 bridgehead atoms. The fourth-order valence-electron chi connectivity index (χ4n) is 0.752. The minimum atomic E-state index is -0.415. The fraction of sp³-hybridized carbons (Fsp3) is 0.889. The van der Waals surface area contributed by atoms with E-state index in [0.717, 1.165) is 0 Å². The van der Waals surface area contributed by atoms with E-state index in [4.69, 9.17) is 4.74 Å². The van der Waals surface area contributed by atoms with Gasteiger partial charge < -0.3 is 15.4 Å². The van der Waals surface area contributed by atoms with E-state index < -0.39 is 11.1 Å². The van der Waals surface area contributed by atoms with Crippen LogP contribution in [-0.2, 0) is 4.74 Å². The molecule has 0 aliphatic heterocycles. The van der Waals surface area contributed by atoms with Crippen molar-refractivity contribution >= 4 is 6.03 Å². The summed E-state index contributed by atoms with van der Waals surface area (Å²) in [5, 5.41) is 5.33. The molecule has 2 N–H and O–H groups in total. The lowest BCUT2D eigenvalue weighted by Gasteiger charge is -2.40. The summed E-state index contributed by atoms with van der Waals surface area (Å²) in [5.41, 5.74) is -0.818. The quantitative estimate of drug-likeness (QED) is 0.697. The lowest BCUT2D eigenvalue weighted by Crippen LogP contribution is -2.60. The Morgan fingerprint density at radius 2 is 1.69 bits per heavy atom. The number of amides is 2. The molecule has 0 saturated carbocycles. The SMILES string of the molecule is CNC(=O)NC(C)(C)C(C)(C)OC. The predicted molar refractivity (Wildman–Crippen MR) is 52.8 cm³/mol. The standard InChI is InChI=1S/C9H20N2O2/c1-8(2,9(3,4)13-6)11-7(12)10-5/h1-6H3,(H2,10,11,12). The molecule has 0 radical (unpaired) electrons. The van der Waals surface area contributed by atoms with Crippen molar-refractivity contribution in [3.8, 4) is 0 Å². The van der Waals surface area contributed by atoms with Crippen LogP contribution in [0, 0.1) is 0 Å². The van der Waals surface area contributed by atoms with E-state index in [2.05, 4.69) is 10.6 Å². The zero-order valence-electron chi connectivity index (χ0n) is 9.32. The molecule has 0 atom stereocenters. The second-order valence-electron chi connectivity index (χ2n) is 4.04. The highest BCUT2D eigenvalue weighted by Gasteiger charge is 2.38. The van der Waals surface area contributed by atoms with E-state index in [1.807, 2.05) is 27.7 Å². The smallest absolute Gasteiger partial charge is 0.315 e. The van der Waals surface area contributed by atoms with Gasteiger partial charge in [0.05, 0.1) is 11.1 Å². The number of urea groups is 1. The minimum Gasteiger partial charge on any atom is -0.376 e. The van der Waals surface area contributed by atoms with E-state index in [-0.39, 0.29) is 6.03 Å².